The Labute approximate surface area is 123 Å². The maximum absolute atomic E-state index is 10.9. The van der Waals surface area contributed by atoms with Crippen LogP contribution in [0.15, 0.2) is 42.5 Å². The molecular formula is C16H18N2O3. The van der Waals surface area contributed by atoms with Gasteiger partial charge in [0.2, 0.25) is 5.91 Å². The fourth-order valence-electron chi connectivity index (χ4n) is 1.95. The molecule has 0 aromatic heterocycles. The highest BCUT2D eigenvalue weighted by molar-refractivity contribution is 5.88. The number of hydrogen-bond donors (Lipinski definition) is 3. The molecule has 0 heterocycles. The van der Waals surface area contributed by atoms with Gasteiger partial charge in [-0.15, -0.1) is 0 Å². The monoisotopic (exact) mass is 286 g/mol. The first-order valence-electron chi connectivity index (χ1n) is 6.56. The molecule has 21 heavy (non-hydrogen) atoms. The van der Waals surface area contributed by atoms with E-state index in [-0.39, 0.29) is 11.7 Å². The van der Waals surface area contributed by atoms with Crippen LogP contribution in [0.25, 0.3) is 0 Å². The molecule has 0 bridgehead atoms. The number of methoxy groups -OCH3 is 1. The van der Waals surface area contributed by atoms with Crippen LogP contribution in [0.1, 0.15) is 12.5 Å². The Morgan fingerprint density at radius 2 is 1.81 bits per heavy atom. The summed E-state index contributed by atoms with van der Waals surface area (Å²) in [7, 11) is 1.52. The van der Waals surface area contributed by atoms with Gasteiger partial charge in [-0.3, -0.25) is 4.79 Å². The van der Waals surface area contributed by atoms with E-state index in [9.17, 15) is 9.90 Å². The Hall–Kier alpha value is -2.69. The number of carbonyl (C=O) groups is 1. The summed E-state index contributed by atoms with van der Waals surface area (Å²) in [5, 5.41) is 15.9. The van der Waals surface area contributed by atoms with Crippen molar-refractivity contribution in [2.24, 2.45) is 0 Å². The Bertz CT molecular complexity index is 624. The Kier molecular flexibility index (Phi) is 4.66. The standard InChI is InChI=1S/C16H18N2O3/c1-11(19)18-14-8-6-13(7-9-14)17-10-12-4-3-5-15(21-2)16(12)20/h3-9,17,20H,10H2,1-2H3,(H,18,19). The zero-order chi connectivity index (χ0) is 15.2. The van der Waals surface area contributed by atoms with Crippen LogP contribution in [0.2, 0.25) is 0 Å². The summed E-state index contributed by atoms with van der Waals surface area (Å²) in [6.07, 6.45) is 0. The quantitative estimate of drug-likeness (QED) is 0.790. The number of rotatable bonds is 5. The van der Waals surface area contributed by atoms with E-state index in [1.165, 1.54) is 14.0 Å². The van der Waals surface area contributed by atoms with Gasteiger partial charge in [0, 0.05) is 30.4 Å². The highest BCUT2D eigenvalue weighted by Crippen LogP contribution is 2.29. The predicted octanol–water partition coefficient (Wildman–Crippen LogP) is 2.97. The first-order chi connectivity index (χ1) is 10.1. The third kappa shape index (κ3) is 3.89. The lowest BCUT2D eigenvalue weighted by Gasteiger charge is -2.11. The van der Waals surface area contributed by atoms with Crippen LogP contribution in [0.3, 0.4) is 0 Å². The second kappa shape index (κ2) is 6.65. The molecule has 2 aromatic rings. The number of para-hydroxylation sites is 1. The zero-order valence-corrected chi connectivity index (χ0v) is 12.0. The van der Waals surface area contributed by atoms with Crippen molar-refractivity contribution in [1.82, 2.24) is 0 Å². The number of carbonyl (C=O) groups excluding carboxylic acids is 1. The van der Waals surface area contributed by atoms with Gasteiger partial charge in [0.25, 0.3) is 0 Å². The molecule has 0 radical (unpaired) electrons. The lowest BCUT2D eigenvalue weighted by Crippen LogP contribution is -2.05. The highest BCUT2D eigenvalue weighted by atomic mass is 16.5. The SMILES string of the molecule is COc1cccc(CNc2ccc(NC(C)=O)cc2)c1O. The van der Waals surface area contributed by atoms with Gasteiger partial charge in [-0.25, -0.2) is 0 Å². The molecule has 0 spiro atoms. The van der Waals surface area contributed by atoms with Gasteiger partial charge in [0.05, 0.1) is 7.11 Å². The fraction of sp³-hybridized carbons (Fsp3) is 0.188. The number of nitrogens with one attached hydrogen (secondary N) is 2. The van der Waals surface area contributed by atoms with Gasteiger partial charge in [0.1, 0.15) is 0 Å². The van der Waals surface area contributed by atoms with Crippen molar-refractivity contribution < 1.29 is 14.6 Å². The second-order valence-corrected chi connectivity index (χ2v) is 4.58. The van der Waals surface area contributed by atoms with Crippen LogP contribution in [0.4, 0.5) is 11.4 Å². The van der Waals surface area contributed by atoms with Crippen molar-refractivity contribution in [3.05, 3.63) is 48.0 Å². The maximum Gasteiger partial charge on any atom is 0.221 e. The summed E-state index contributed by atoms with van der Waals surface area (Å²) in [4.78, 5) is 10.9. The van der Waals surface area contributed by atoms with Crippen molar-refractivity contribution in [1.29, 1.82) is 0 Å². The molecule has 0 aliphatic heterocycles. The molecule has 3 N–H and O–H groups in total. The van der Waals surface area contributed by atoms with Crippen LogP contribution in [0.5, 0.6) is 11.5 Å². The molecule has 2 aromatic carbocycles. The van der Waals surface area contributed by atoms with Crippen LogP contribution in [-0.2, 0) is 11.3 Å². The number of anilines is 2. The van der Waals surface area contributed by atoms with Crippen molar-refractivity contribution in [3.8, 4) is 11.5 Å². The van der Waals surface area contributed by atoms with Gasteiger partial charge >= 0.3 is 0 Å². The molecule has 0 unspecified atom stereocenters. The molecule has 2 rings (SSSR count). The minimum atomic E-state index is -0.1000. The molecule has 0 atom stereocenters. The summed E-state index contributed by atoms with van der Waals surface area (Å²) in [6.45, 7) is 1.94. The lowest BCUT2D eigenvalue weighted by molar-refractivity contribution is -0.114. The average Bonchev–Trinajstić information content (AvgIpc) is 2.47. The van der Waals surface area contributed by atoms with Crippen LogP contribution < -0.4 is 15.4 Å². The summed E-state index contributed by atoms with van der Waals surface area (Å²) in [5.74, 6) is 0.495. The number of hydrogen-bond acceptors (Lipinski definition) is 4. The number of benzene rings is 2. The molecular weight excluding hydrogens is 268 g/mol. The molecule has 0 saturated carbocycles. The molecule has 0 fully saturated rings. The average molecular weight is 286 g/mol. The number of amides is 1. The molecule has 5 nitrogen and oxygen atoms in total. The summed E-state index contributed by atoms with van der Waals surface area (Å²) in [6, 6.07) is 12.7. The van der Waals surface area contributed by atoms with E-state index in [0.29, 0.717) is 12.3 Å². The van der Waals surface area contributed by atoms with Crippen molar-refractivity contribution >= 4 is 17.3 Å². The normalized spacial score (nSPS) is 10.0. The minimum absolute atomic E-state index is 0.1000. The Morgan fingerprint density at radius 1 is 1.14 bits per heavy atom. The van der Waals surface area contributed by atoms with E-state index < -0.39 is 0 Å². The van der Waals surface area contributed by atoms with E-state index in [1.807, 2.05) is 36.4 Å². The van der Waals surface area contributed by atoms with Crippen LogP contribution in [-0.4, -0.2) is 18.1 Å². The van der Waals surface area contributed by atoms with E-state index in [4.69, 9.17) is 4.74 Å². The fourth-order valence-corrected chi connectivity index (χ4v) is 1.95. The smallest absolute Gasteiger partial charge is 0.221 e. The van der Waals surface area contributed by atoms with Crippen molar-refractivity contribution in [2.45, 2.75) is 13.5 Å². The second-order valence-electron chi connectivity index (χ2n) is 4.58. The van der Waals surface area contributed by atoms with E-state index in [1.54, 1.807) is 6.07 Å². The summed E-state index contributed by atoms with van der Waals surface area (Å²) >= 11 is 0. The van der Waals surface area contributed by atoms with Crippen LogP contribution >= 0.6 is 0 Å². The topological polar surface area (TPSA) is 70.6 Å². The predicted molar refractivity (Wildman–Crippen MR) is 82.7 cm³/mol. The molecule has 0 saturated heterocycles. The molecule has 0 aliphatic rings. The first-order valence-corrected chi connectivity index (χ1v) is 6.56. The Morgan fingerprint density at radius 3 is 2.43 bits per heavy atom. The van der Waals surface area contributed by atoms with Gasteiger partial charge in [0.15, 0.2) is 11.5 Å². The van der Waals surface area contributed by atoms with Gasteiger partial charge in [-0.2, -0.15) is 0 Å². The van der Waals surface area contributed by atoms with Gasteiger partial charge in [-0.05, 0) is 30.3 Å². The van der Waals surface area contributed by atoms with Crippen molar-refractivity contribution in [2.75, 3.05) is 17.7 Å². The number of phenols is 1. The number of aromatic hydroxyl groups is 1. The van der Waals surface area contributed by atoms with Crippen molar-refractivity contribution in [3.63, 3.8) is 0 Å². The summed E-state index contributed by atoms with van der Waals surface area (Å²) in [5.41, 5.74) is 2.39. The third-order valence-electron chi connectivity index (χ3n) is 2.99. The number of ether oxygens (including phenoxy) is 1. The molecule has 1 amide bonds. The molecule has 0 aliphatic carbocycles. The van der Waals surface area contributed by atoms with Crippen LogP contribution in [0, 0.1) is 0 Å². The van der Waals surface area contributed by atoms with E-state index in [2.05, 4.69) is 10.6 Å². The summed E-state index contributed by atoms with van der Waals surface area (Å²) < 4.78 is 5.07. The molecule has 110 valence electrons. The highest BCUT2D eigenvalue weighted by Gasteiger charge is 2.06. The van der Waals surface area contributed by atoms with E-state index >= 15 is 0 Å². The zero-order valence-electron chi connectivity index (χ0n) is 12.0. The maximum atomic E-state index is 10.9. The third-order valence-corrected chi connectivity index (χ3v) is 2.99. The largest absolute Gasteiger partial charge is 0.504 e. The van der Waals surface area contributed by atoms with E-state index in [0.717, 1.165) is 16.9 Å². The lowest BCUT2D eigenvalue weighted by atomic mass is 10.1. The minimum Gasteiger partial charge on any atom is -0.504 e. The number of phenolic OH excluding ortho intramolecular Hbond substituents is 1. The van der Waals surface area contributed by atoms with Gasteiger partial charge < -0.3 is 20.5 Å². The first kappa shape index (κ1) is 14.7. The molecule has 5 heteroatoms. The Balaban J connectivity index is 2.01. The van der Waals surface area contributed by atoms with Gasteiger partial charge in [-0.1, -0.05) is 12.1 Å².